The van der Waals surface area contributed by atoms with Crippen LogP contribution in [0, 0.1) is 5.92 Å². The maximum Gasteiger partial charge on any atom is 0.410 e. The Kier molecular flexibility index (Phi) is 4.72. The van der Waals surface area contributed by atoms with E-state index < -0.39 is 17.7 Å². The molecule has 23 heavy (non-hydrogen) atoms. The highest BCUT2D eigenvalue weighted by molar-refractivity contribution is 6.16. The van der Waals surface area contributed by atoms with Crippen LogP contribution in [0.1, 0.15) is 27.7 Å². The Morgan fingerprint density at radius 2 is 2.00 bits per heavy atom. The number of hydrogen-bond acceptors (Lipinski definition) is 5. The van der Waals surface area contributed by atoms with E-state index in [1.54, 1.807) is 16.8 Å². The van der Waals surface area contributed by atoms with Crippen molar-refractivity contribution < 1.29 is 18.7 Å². The molecule has 2 amide bonds. The van der Waals surface area contributed by atoms with Crippen molar-refractivity contribution in [3.05, 3.63) is 0 Å². The summed E-state index contributed by atoms with van der Waals surface area (Å²) in [5.41, 5.74) is -0.387. The molecule has 2 heterocycles. The van der Waals surface area contributed by atoms with Gasteiger partial charge >= 0.3 is 6.09 Å². The summed E-state index contributed by atoms with van der Waals surface area (Å²) in [6.45, 7) is 8.69. The van der Waals surface area contributed by atoms with Crippen LogP contribution in [0.3, 0.4) is 0 Å². The quantitative estimate of drug-likeness (QED) is 0.770. The summed E-state index contributed by atoms with van der Waals surface area (Å²) in [6, 6.07) is 0. The zero-order valence-electron chi connectivity index (χ0n) is 14.2. The van der Waals surface area contributed by atoms with Crippen molar-refractivity contribution in [2.24, 2.45) is 15.9 Å². The summed E-state index contributed by atoms with van der Waals surface area (Å²) in [5, 5.41) is 0. The van der Waals surface area contributed by atoms with E-state index in [9.17, 15) is 14.0 Å². The van der Waals surface area contributed by atoms with E-state index in [1.807, 2.05) is 20.8 Å². The minimum Gasteiger partial charge on any atom is -0.444 e. The first-order valence-corrected chi connectivity index (χ1v) is 7.57. The monoisotopic (exact) mass is 326 g/mol. The summed E-state index contributed by atoms with van der Waals surface area (Å²) in [4.78, 5) is 34.3. The zero-order valence-corrected chi connectivity index (χ0v) is 14.2. The first-order chi connectivity index (χ1) is 10.6. The molecule has 0 aromatic carbocycles. The molecule has 7 nitrogen and oxygen atoms in total. The number of likely N-dealkylation sites (tertiary alicyclic amines) is 1. The van der Waals surface area contributed by atoms with Crippen LogP contribution in [0.25, 0.3) is 0 Å². The fourth-order valence-electron chi connectivity index (χ4n) is 2.37. The standard InChI is InChI=1S/C15H23FN4O3/c1-9-11(16)12(21)18-13(17-9)19(5)6-10-7-20(8-10)14(22)23-15(2,3)4/h10-11H,6-8H2,1-5H3. The predicted octanol–water partition coefficient (Wildman–Crippen LogP) is 1.48. The van der Waals surface area contributed by atoms with Crippen LogP contribution in [0.5, 0.6) is 0 Å². The van der Waals surface area contributed by atoms with Gasteiger partial charge < -0.3 is 14.5 Å². The average molecular weight is 326 g/mol. The van der Waals surface area contributed by atoms with Crippen LogP contribution in [-0.4, -0.2) is 71.9 Å². The van der Waals surface area contributed by atoms with Crippen LogP contribution in [0.4, 0.5) is 9.18 Å². The highest BCUT2D eigenvalue weighted by Crippen LogP contribution is 2.20. The fraction of sp³-hybridized carbons (Fsp3) is 0.733. The van der Waals surface area contributed by atoms with Gasteiger partial charge in [0.25, 0.3) is 5.91 Å². The molecule has 1 fully saturated rings. The van der Waals surface area contributed by atoms with Gasteiger partial charge in [0, 0.05) is 32.6 Å². The van der Waals surface area contributed by atoms with Gasteiger partial charge in [-0.05, 0) is 27.7 Å². The third kappa shape index (κ3) is 4.27. The molecule has 0 bridgehead atoms. The molecule has 2 aliphatic heterocycles. The van der Waals surface area contributed by atoms with Gasteiger partial charge in [-0.15, -0.1) is 0 Å². The van der Waals surface area contributed by atoms with Crippen LogP contribution < -0.4 is 0 Å². The normalized spacial score (nSPS) is 22.3. The molecular weight excluding hydrogens is 303 g/mol. The topological polar surface area (TPSA) is 74.6 Å². The highest BCUT2D eigenvalue weighted by atomic mass is 19.1. The van der Waals surface area contributed by atoms with Gasteiger partial charge in [0.05, 0.1) is 5.71 Å². The van der Waals surface area contributed by atoms with E-state index in [-0.39, 0.29) is 23.7 Å². The molecule has 0 aromatic heterocycles. The van der Waals surface area contributed by atoms with Crippen molar-refractivity contribution in [3.8, 4) is 0 Å². The van der Waals surface area contributed by atoms with E-state index in [1.165, 1.54) is 6.92 Å². The number of halogens is 1. The molecule has 8 heteroatoms. The van der Waals surface area contributed by atoms with Crippen LogP contribution in [0.15, 0.2) is 9.98 Å². The lowest BCUT2D eigenvalue weighted by atomic mass is 10.0. The minimum absolute atomic E-state index is 0.121. The number of nitrogens with zero attached hydrogens (tertiary/aromatic N) is 4. The van der Waals surface area contributed by atoms with Crippen LogP contribution in [0.2, 0.25) is 0 Å². The van der Waals surface area contributed by atoms with Gasteiger partial charge in [0.1, 0.15) is 5.60 Å². The van der Waals surface area contributed by atoms with Gasteiger partial charge in [-0.25, -0.2) is 14.2 Å². The average Bonchev–Trinajstić information content (AvgIpc) is 2.36. The number of alkyl halides is 1. The Bertz CT molecular complexity index is 562. The van der Waals surface area contributed by atoms with Gasteiger partial charge in [0.15, 0.2) is 0 Å². The summed E-state index contributed by atoms with van der Waals surface area (Å²) in [7, 11) is 1.75. The van der Waals surface area contributed by atoms with Crippen LogP contribution >= 0.6 is 0 Å². The molecule has 0 spiro atoms. The largest absolute Gasteiger partial charge is 0.444 e. The number of hydrogen-bond donors (Lipinski definition) is 0. The zero-order chi connectivity index (χ0) is 17.4. The summed E-state index contributed by atoms with van der Waals surface area (Å²) >= 11 is 0. The maximum absolute atomic E-state index is 13.4. The molecule has 2 rings (SSSR count). The SMILES string of the molecule is CC1=NC(N(C)CC2CN(C(=O)OC(C)(C)C)C2)=NC(=O)C1F. The molecular formula is C15H23FN4O3. The van der Waals surface area contributed by atoms with Crippen molar-refractivity contribution in [1.29, 1.82) is 0 Å². The van der Waals surface area contributed by atoms with Crippen molar-refractivity contribution in [3.63, 3.8) is 0 Å². The second-order valence-electron chi connectivity index (χ2n) is 7.00. The Morgan fingerprint density at radius 1 is 1.39 bits per heavy atom. The third-order valence-electron chi connectivity index (χ3n) is 3.55. The first-order valence-electron chi connectivity index (χ1n) is 7.57. The van der Waals surface area contributed by atoms with Gasteiger partial charge in [-0.2, -0.15) is 4.99 Å². The summed E-state index contributed by atoms with van der Waals surface area (Å²) in [6.07, 6.45) is -2.06. The number of guanidine groups is 1. The van der Waals surface area contributed by atoms with E-state index in [0.717, 1.165) is 0 Å². The molecule has 0 saturated carbocycles. The Morgan fingerprint density at radius 3 is 2.52 bits per heavy atom. The third-order valence-corrected chi connectivity index (χ3v) is 3.55. The minimum atomic E-state index is -1.74. The van der Waals surface area contributed by atoms with E-state index in [4.69, 9.17) is 4.74 Å². The lowest BCUT2D eigenvalue weighted by molar-refractivity contribution is -0.120. The lowest BCUT2D eigenvalue weighted by Gasteiger charge is -2.41. The van der Waals surface area contributed by atoms with Crippen molar-refractivity contribution >= 4 is 23.7 Å². The van der Waals surface area contributed by atoms with Gasteiger partial charge in [-0.1, -0.05) is 0 Å². The smallest absolute Gasteiger partial charge is 0.410 e. The second kappa shape index (κ2) is 6.25. The Balaban J connectivity index is 1.83. The number of carbonyl (C=O) groups is 2. The predicted molar refractivity (Wildman–Crippen MR) is 84.4 cm³/mol. The number of rotatable bonds is 2. The molecule has 0 aromatic rings. The molecule has 1 unspecified atom stereocenters. The van der Waals surface area contributed by atoms with E-state index >= 15 is 0 Å². The first kappa shape index (κ1) is 17.4. The molecule has 0 N–H and O–H groups in total. The van der Waals surface area contributed by atoms with E-state index in [2.05, 4.69) is 9.98 Å². The summed E-state index contributed by atoms with van der Waals surface area (Å²) < 4.78 is 18.7. The Labute approximate surface area is 135 Å². The molecule has 0 aliphatic carbocycles. The number of ether oxygens (including phenoxy) is 1. The molecule has 2 aliphatic rings. The lowest BCUT2D eigenvalue weighted by Crippen LogP contribution is -2.55. The number of carbonyl (C=O) groups excluding carboxylic acids is 2. The number of aliphatic imine (C=N–C) groups is 2. The fourth-order valence-corrected chi connectivity index (χ4v) is 2.37. The highest BCUT2D eigenvalue weighted by Gasteiger charge is 2.35. The molecule has 1 atom stereocenters. The van der Waals surface area contributed by atoms with Gasteiger partial charge in [0.2, 0.25) is 12.1 Å². The van der Waals surface area contributed by atoms with E-state index in [0.29, 0.717) is 19.6 Å². The number of amides is 2. The molecule has 128 valence electrons. The van der Waals surface area contributed by atoms with Crippen molar-refractivity contribution in [2.75, 3.05) is 26.7 Å². The van der Waals surface area contributed by atoms with Crippen molar-refractivity contribution in [2.45, 2.75) is 39.5 Å². The molecule has 1 saturated heterocycles. The maximum atomic E-state index is 13.4. The van der Waals surface area contributed by atoms with Gasteiger partial charge in [-0.3, -0.25) is 4.79 Å². The van der Waals surface area contributed by atoms with Crippen molar-refractivity contribution in [1.82, 2.24) is 9.80 Å². The second-order valence-corrected chi connectivity index (χ2v) is 7.00. The Hall–Kier alpha value is -1.99. The summed E-state index contributed by atoms with van der Waals surface area (Å²) in [5.74, 6) is -0.357. The molecule has 0 radical (unpaired) electrons. The van der Waals surface area contributed by atoms with Crippen LogP contribution in [-0.2, 0) is 9.53 Å².